The zero-order chi connectivity index (χ0) is 13.1. The van der Waals surface area contributed by atoms with Crippen molar-refractivity contribution in [1.82, 2.24) is 9.78 Å². The molecular weight excluding hydrogens is 232 g/mol. The molecule has 1 heterocycles. The second-order valence-corrected chi connectivity index (χ2v) is 8.16. The molecule has 2 nitrogen and oxygen atoms in total. The Morgan fingerprint density at radius 2 is 2.32 bits per heavy atom. The minimum atomic E-state index is 0.568. The Bertz CT molecular complexity index is 491. The number of rotatable bonds is 2. The molecule has 3 aliphatic rings. The molecule has 3 bridgehead atoms. The van der Waals surface area contributed by atoms with Crippen LogP contribution in [0, 0.1) is 29.6 Å². The minimum Gasteiger partial charge on any atom is -0.272 e. The summed E-state index contributed by atoms with van der Waals surface area (Å²) >= 11 is 0. The number of aryl methyl sites for hydroxylation is 1. The van der Waals surface area contributed by atoms with Crippen LogP contribution < -0.4 is 0 Å². The molecule has 4 rings (SSSR count). The van der Waals surface area contributed by atoms with Crippen molar-refractivity contribution in [2.75, 3.05) is 0 Å². The van der Waals surface area contributed by atoms with Gasteiger partial charge in [0.25, 0.3) is 0 Å². The van der Waals surface area contributed by atoms with Gasteiger partial charge in [-0.3, -0.25) is 4.68 Å². The summed E-state index contributed by atoms with van der Waals surface area (Å²) < 4.78 is 2.24. The molecule has 104 valence electrons. The molecule has 2 heteroatoms. The quantitative estimate of drug-likeness (QED) is 0.778. The molecule has 3 aliphatic carbocycles. The highest BCUT2D eigenvalue weighted by atomic mass is 15.3. The van der Waals surface area contributed by atoms with Gasteiger partial charge < -0.3 is 0 Å². The van der Waals surface area contributed by atoms with Gasteiger partial charge in [0.15, 0.2) is 0 Å². The van der Waals surface area contributed by atoms with Gasteiger partial charge >= 0.3 is 0 Å². The molecule has 0 spiro atoms. The molecule has 3 saturated carbocycles. The Labute approximate surface area is 116 Å². The van der Waals surface area contributed by atoms with E-state index in [1.165, 1.54) is 57.1 Å². The fourth-order valence-corrected chi connectivity index (χ4v) is 5.94. The summed E-state index contributed by atoms with van der Waals surface area (Å²) in [5.41, 5.74) is 2.52. The summed E-state index contributed by atoms with van der Waals surface area (Å²) in [6, 6.07) is 0. The first kappa shape index (κ1) is 12.0. The van der Waals surface area contributed by atoms with Crippen LogP contribution in [0.2, 0.25) is 0 Å². The molecule has 1 aromatic rings. The summed E-state index contributed by atoms with van der Waals surface area (Å²) in [6.45, 7) is 5.89. The third kappa shape index (κ3) is 1.86. The summed E-state index contributed by atoms with van der Waals surface area (Å²) in [6.07, 6.45) is 14.6. The lowest BCUT2D eigenvalue weighted by atomic mass is 9.71. The first-order valence-electron chi connectivity index (χ1n) is 8.06. The van der Waals surface area contributed by atoms with E-state index in [0.29, 0.717) is 10.8 Å². The Balaban J connectivity index is 1.68. The normalized spacial score (nSPS) is 44.5. The van der Waals surface area contributed by atoms with Crippen LogP contribution >= 0.6 is 0 Å². The predicted molar refractivity (Wildman–Crippen MR) is 76.8 cm³/mol. The largest absolute Gasteiger partial charge is 0.272 e. The third-order valence-electron chi connectivity index (χ3n) is 6.31. The predicted octanol–water partition coefficient (Wildman–Crippen LogP) is 4.19. The van der Waals surface area contributed by atoms with Gasteiger partial charge in [0, 0.05) is 12.7 Å². The number of hydrogen-bond acceptors (Lipinski definition) is 1. The molecule has 0 amide bonds. The smallest absolute Gasteiger partial charge is 0.0518 e. The molecule has 3 unspecified atom stereocenters. The van der Waals surface area contributed by atoms with Gasteiger partial charge in [-0.25, -0.2) is 0 Å². The summed E-state index contributed by atoms with van der Waals surface area (Å²) in [4.78, 5) is 0. The molecular formula is C17H26N2. The molecule has 19 heavy (non-hydrogen) atoms. The molecule has 4 atom stereocenters. The Morgan fingerprint density at radius 3 is 3.11 bits per heavy atom. The van der Waals surface area contributed by atoms with E-state index in [9.17, 15) is 0 Å². The van der Waals surface area contributed by atoms with Crippen LogP contribution in [0.15, 0.2) is 12.4 Å². The Hall–Kier alpha value is -0.790. The Kier molecular flexibility index (Phi) is 2.44. The van der Waals surface area contributed by atoms with E-state index in [4.69, 9.17) is 0 Å². The maximum absolute atomic E-state index is 4.57. The van der Waals surface area contributed by atoms with Gasteiger partial charge in [0.05, 0.1) is 6.20 Å². The van der Waals surface area contributed by atoms with E-state index in [1.807, 2.05) is 6.20 Å². The van der Waals surface area contributed by atoms with Crippen molar-refractivity contribution in [2.45, 2.75) is 65.3 Å². The van der Waals surface area contributed by atoms with Gasteiger partial charge in [0.1, 0.15) is 0 Å². The summed E-state index contributed by atoms with van der Waals surface area (Å²) in [5.74, 6) is 2.01. The van der Waals surface area contributed by atoms with Crippen LogP contribution in [0.5, 0.6) is 0 Å². The van der Waals surface area contributed by atoms with Gasteiger partial charge in [0.2, 0.25) is 0 Å². The molecule has 3 fully saturated rings. The highest BCUT2D eigenvalue weighted by molar-refractivity contribution is 5.08. The van der Waals surface area contributed by atoms with Gasteiger partial charge in [-0.15, -0.1) is 0 Å². The molecule has 0 aromatic carbocycles. The number of nitrogens with zero attached hydrogens (tertiary/aromatic N) is 2. The van der Waals surface area contributed by atoms with Crippen LogP contribution in [0.3, 0.4) is 0 Å². The average Bonchev–Trinajstić information content (AvgIpc) is 2.75. The first-order chi connectivity index (χ1) is 9.07. The van der Waals surface area contributed by atoms with Crippen LogP contribution in [0.25, 0.3) is 0 Å². The second-order valence-electron chi connectivity index (χ2n) is 8.16. The highest BCUT2D eigenvalue weighted by Gasteiger charge is 2.57. The third-order valence-corrected chi connectivity index (χ3v) is 6.31. The van der Waals surface area contributed by atoms with Gasteiger partial charge in [-0.05, 0) is 67.3 Å². The zero-order valence-corrected chi connectivity index (χ0v) is 12.4. The number of aromatic nitrogens is 2. The Morgan fingerprint density at radius 1 is 1.42 bits per heavy atom. The van der Waals surface area contributed by atoms with E-state index in [1.54, 1.807) is 0 Å². The van der Waals surface area contributed by atoms with Crippen molar-refractivity contribution < 1.29 is 0 Å². The van der Waals surface area contributed by atoms with Crippen molar-refractivity contribution in [3.8, 4) is 0 Å². The molecule has 0 radical (unpaired) electrons. The molecule has 0 saturated heterocycles. The summed E-state index contributed by atoms with van der Waals surface area (Å²) in [5, 5.41) is 4.57. The van der Waals surface area contributed by atoms with Crippen molar-refractivity contribution in [1.29, 1.82) is 0 Å². The van der Waals surface area contributed by atoms with E-state index < -0.39 is 0 Å². The van der Waals surface area contributed by atoms with Crippen molar-refractivity contribution in [2.24, 2.45) is 22.7 Å². The van der Waals surface area contributed by atoms with E-state index >= 15 is 0 Å². The lowest BCUT2D eigenvalue weighted by molar-refractivity contribution is 0.142. The number of fused-ring (bicyclic) bond motifs is 2. The van der Waals surface area contributed by atoms with Crippen LogP contribution in [0.1, 0.15) is 57.4 Å². The van der Waals surface area contributed by atoms with Crippen molar-refractivity contribution >= 4 is 0 Å². The highest BCUT2D eigenvalue weighted by Crippen LogP contribution is 2.66. The maximum atomic E-state index is 4.57. The fourth-order valence-electron chi connectivity index (χ4n) is 5.94. The molecule has 1 aromatic heterocycles. The van der Waals surface area contributed by atoms with Crippen LogP contribution in [0.4, 0.5) is 0 Å². The minimum absolute atomic E-state index is 0.568. The van der Waals surface area contributed by atoms with Gasteiger partial charge in [-0.2, -0.15) is 5.10 Å². The fraction of sp³-hybridized carbons (Fsp3) is 0.824. The van der Waals surface area contributed by atoms with Crippen molar-refractivity contribution in [3.63, 3.8) is 0 Å². The monoisotopic (exact) mass is 258 g/mol. The number of hydrogen-bond donors (Lipinski definition) is 0. The second kappa shape index (κ2) is 3.86. The molecule has 0 aliphatic heterocycles. The topological polar surface area (TPSA) is 17.8 Å². The summed E-state index contributed by atoms with van der Waals surface area (Å²) in [7, 11) is 0. The zero-order valence-electron chi connectivity index (χ0n) is 12.4. The first-order valence-corrected chi connectivity index (χ1v) is 8.06. The average molecular weight is 258 g/mol. The SMILES string of the molecule is Cc1cnn(CC23CCCC4CC2C[C@](C)(C4)C3)c1. The van der Waals surface area contributed by atoms with Crippen molar-refractivity contribution in [3.05, 3.63) is 18.0 Å². The lowest BCUT2D eigenvalue weighted by Crippen LogP contribution is -2.30. The van der Waals surface area contributed by atoms with Crippen LogP contribution in [-0.2, 0) is 6.54 Å². The standard InChI is InChI=1S/C17H26N2/c1-13-9-18-19(10-13)12-17-5-3-4-14-6-15(17)8-16(2,7-14)11-17/h9-10,14-15H,3-8,11-12H2,1-2H3/t14?,15?,16-,17?/m0/s1. The van der Waals surface area contributed by atoms with E-state index in [-0.39, 0.29) is 0 Å². The van der Waals surface area contributed by atoms with E-state index in [0.717, 1.165) is 11.8 Å². The maximum Gasteiger partial charge on any atom is 0.0518 e. The van der Waals surface area contributed by atoms with E-state index in [2.05, 4.69) is 29.8 Å². The van der Waals surface area contributed by atoms with Gasteiger partial charge in [-0.1, -0.05) is 19.8 Å². The molecule has 0 N–H and O–H groups in total. The lowest BCUT2D eigenvalue weighted by Gasteiger charge is -2.34. The van der Waals surface area contributed by atoms with Crippen LogP contribution in [-0.4, -0.2) is 9.78 Å².